The molecule has 9 rings (SSSR count). The van der Waals surface area contributed by atoms with Crippen LogP contribution in [0.1, 0.15) is 17.7 Å². The molecule has 0 radical (unpaired) electrons. The molecule has 0 amide bonds. The van der Waals surface area contributed by atoms with Gasteiger partial charge in [-0.3, -0.25) is 4.57 Å². The SMILES string of the molecule is C1=Cc2c(n(-c3cccc4c3oc3cccc(-c5nc(-c6ccccc6)nc(-c6ccccc6)n5)c34)c3ncccc23)CC1. The number of furan rings is 1. The lowest BCUT2D eigenvalue weighted by molar-refractivity contribution is 0.664. The van der Waals surface area contributed by atoms with Crippen LogP contribution in [-0.4, -0.2) is 24.5 Å². The van der Waals surface area contributed by atoms with Crippen LogP contribution in [0.3, 0.4) is 0 Å². The second kappa shape index (κ2) is 9.85. The third-order valence-electron chi connectivity index (χ3n) is 8.38. The van der Waals surface area contributed by atoms with E-state index in [0.717, 1.165) is 68.2 Å². The van der Waals surface area contributed by atoms with E-state index >= 15 is 0 Å². The fourth-order valence-electron chi connectivity index (χ4n) is 6.43. The zero-order valence-electron chi connectivity index (χ0n) is 23.7. The number of rotatable bonds is 4. The normalized spacial score (nSPS) is 12.7. The zero-order chi connectivity index (χ0) is 29.0. The van der Waals surface area contributed by atoms with Crippen molar-refractivity contribution < 1.29 is 4.42 Å². The highest BCUT2D eigenvalue weighted by atomic mass is 16.3. The van der Waals surface area contributed by atoms with Gasteiger partial charge < -0.3 is 4.42 Å². The molecule has 0 unspecified atom stereocenters. The third-order valence-corrected chi connectivity index (χ3v) is 8.38. The highest BCUT2D eigenvalue weighted by Gasteiger charge is 2.24. The van der Waals surface area contributed by atoms with E-state index in [4.69, 9.17) is 24.4 Å². The Morgan fingerprint density at radius 2 is 1.34 bits per heavy atom. The minimum absolute atomic E-state index is 0.604. The number of nitrogens with zero attached hydrogens (tertiary/aromatic N) is 5. The second-order valence-corrected chi connectivity index (χ2v) is 11.0. The van der Waals surface area contributed by atoms with Gasteiger partial charge in [0.2, 0.25) is 0 Å². The molecular weight excluding hydrogens is 542 g/mol. The number of hydrogen-bond donors (Lipinski definition) is 0. The van der Waals surface area contributed by atoms with Gasteiger partial charge in [0.15, 0.2) is 23.1 Å². The zero-order valence-corrected chi connectivity index (χ0v) is 23.7. The summed E-state index contributed by atoms with van der Waals surface area (Å²) < 4.78 is 8.98. The molecule has 4 heterocycles. The first-order chi connectivity index (χ1) is 21.8. The molecule has 0 saturated heterocycles. The van der Waals surface area contributed by atoms with Crippen molar-refractivity contribution in [2.45, 2.75) is 12.8 Å². The Labute approximate surface area is 253 Å². The standard InChI is InChI=1S/C38H25N5O/c1-3-12-24(13-4-1)35-40-36(25-14-5-2-6-15-25)42-37(41-35)29-18-10-22-32-33(29)28-17-9-21-31(34(28)44-32)43-30-20-8-7-16-26(30)27-19-11-23-39-38(27)43/h1-7,9-19,21-23H,8,20H2. The molecule has 0 N–H and O–H groups in total. The molecule has 6 nitrogen and oxygen atoms in total. The predicted octanol–water partition coefficient (Wildman–Crippen LogP) is 9.07. The molecular formula is C38H25N5O. The van der Waals surface area contributed by atoms with Crippen LogP contribution in [0.2, 0.25) is 0 Å². The molecule has 0 aliphatic heterocycles. The highest BCUT2D eigenvalue weighted by Crippen LogP contribution is 2.41. The number of benzene rings is 4. The molecule has 0 bridgehead atoms. The first-order valence-electron chi connectivity index (χ1n) is 14.8. The number of aromatic nitrogens is 5. The highest BCUT2D eigenvalue weighted by molar-refractivity contribution is 6.14. The van der Waals surface area contributed by atoms with Crippen LogP contribution in [0.25, 0.3) is 78.9 Å². The Balaban J connectivity index is 1.31. The van der Waals surface area contributed by atoms with Crippen LogP contribution in [0.4, 0.5) is 0 Å². The van der Waals surface area contributed by atoms with Gasteiger partial charge in [-0.05, 0) is 37.1 Å². The van der Waals surface area contributed by atoms with Gasteiger partial charge in [-0.1, -0.05) is 97.1 Å². The Morgan fingerprint density at radius 1 is 0.636 bits per heavy atom. The molecule has 0 fully saturated rings. The summed E-state index contributed by atoms with van der Waals surface area (Å²) in [5.41, 5.74) is 8.78. The summed E-state index contributed by atoms with van der Waals surface area (Å²) >= 11 is 0. The summed E-state index contributed by atoms with van der Waals surface area (Å²) in [6, 6.07) is 36.7. The van der Waals surface area contributed by atoms with Gasteiger partial charge in [0.1, 0.15) is 11.2 Å². The average molecular weight is 568 g/mol. The number of pyridine rings is 1. The van der Waals surface area contributed by atoms with Crippen LogP contribution in [0.5, 0.6) is 0 Å². The fourth-order valence-corrected chi connectivity index (χ4v) is 6.43. The fraction of sp³-hybridized carbons (Fsp3) is 0.0526. The van der Waals surface area contributed by atoms with Crippen LogP contribution < -0.4 is 0 Å². The van der Waals surface area contributed by atoms with E-state index in [-0.39, 0.29) is 0 Å². The van der Waals surface area contributed by atoms with Gasteiger partial charge in [-0.2, -0.15) is 0 Å². The van der Waals surface area contributed by atoms with E-state index < -0.39 is 0 Å². The van der Waals surface area contributed by atoms with E-state index in [1.54, 1.807) is 0 Å². The summed E-state index contributed by atoms with van der Waals surface area (Å²) in [5.74, 6) is 1.86. The minimum Gasteiger partial charge on any atom is -0.454 e. The molecule has 4 aromatic carbocycles. The van der Waals surface area contributed by atoms with Gasteiger partial charge >= 0.3 is 0 Å². The molecule has 1 aliphatic carbocycles. The Bertz CT molecular complexity index is 2330. The van der Waals surface area contributed by atoms with Crippen molar-refractivity contribution in [3.8, 4) is 39.9 Å². The summed E-state index contributed by atoms with van der Waals surface area (Å²) in [6.07, 6.45) is 8.27. The number of fused-ring (bicyclic) bond motifs is 6. The molecule has 0 atom stereocenters. The van der Waals surface area contributed by atoms with Crippen molar-refractivity contribution >= 4 is 39.0 Å². The van der Waals surface area contributed by atoms with Crippen LogP contribution >= 0.6 is 0 Å². The maximum atomic E-state index is 6.70. The van der Waals surface area contributed by atoms with Crippen molar-refractivity contribution in [1.29, 1.82) is 0 Å². The Morgan fingerprint density at radius 3 is 2.11 bits per heavy atom. The first kappa shape index (κ1) is 24.7. The maximum Gasteiger partial charge on any atom is 0.164 e. The summed E-state index contributed by atoms with van der Waals surface area (Å²) in [5, 5.41) is 3.14. The maximum absolute atomic E-state index is 6.70. The molecule has 0 saturated carbocycles. The molecule has 8 aromatic rings. The second-order valence-electron chi connectivity index (χ2n) is 11.0. The Kier molecular flexibility index (Phi) is 5.53. The molecule has 1 aliphatic rings. The van der Waals surface area contributed by atoms with E-state index in [9.17, 15) is 0 Å². The monoisotopic (exact) mass is 567 g/mol. The summed E-state index contributed by atoms with van der Waals surface area (Å²) in [4.78, 5) is 19.8. The van der Waals surface area contributed by atoms with Crippen LogP contribution in [-0.2, 0) is 6.42 Å². The minimum atomic E-state index is 0.604. The van der Waals surface area contributed by atoms with Gasteiger partial charge in [0.25, 0.3) is 0 Å². The van der Waals surface area contributed by atoms with E-state index in [2.05, 4.69) is 47.1 Å². The van der Waals surface area contributed by atoms with Crippen molar-refractivity contribution in [3.05, 3.63) is 133 Å². The largest absolute Gasteiger partial charge is 0.454 e. The van der Waals surface area contributed by atoms with E-state index in [0.29, 0.717) is 17.5 Å². The smallest absolute Gasteiger partial charge is 0.164 e. The average Bonchev–Trinajstić information content (AvgIpc) is 3.65. The van der Waals surface area contributed by atoms with Crippen molar-refractivity contribution in [3.63, 3.8) is 0 Å². The third kappa shape index (κ3) is 3.81. The molecule has 44 heavy (non-hydrogen) atoms. The number of hydrogen-bond acceptors (Lipinski definition) is 5. The van der Waals surface area contributed by atoms with Gasteiger partial charge in [-0.15, -0.1) is 0 Å². The van der Waals surface area contributed by atoms with Gasteiger partial charge in [-0.25, -0.2) is 19.9 Å². The van der Waals surface area contributed by atoms with Crippen LogP contribution in [0, 0.1) is 0 Å². The van der Waals surface area contributed by atoms with Gasteiger partial charge in [0.05, 0.1) is 5.69 Å². The molecule has 6 heteroatoms. The van der Waals surface area contributed by atoms with Crippen LogP contribution in [0.15, 0.2) is 126 Å². The lowest BCUT2D eigenvalue weighted by atomic mass is 10.0. The molecule has 0 spiro atoms. The van der Waals surface area contributed by atoms with Crippen molar-refractivity contribution in [2.75, 3.05) is 0 Å². The molecule has 208 valence electrons. The van der Waals surface area contributed by atoms with E-state index in [1.165, 1.54) is 11.3 Å². The molecule has 4 aromatic heterocycles. The lowest BCUT2D eigenvalue weighted by Crippen LogP contribution is -2.03. The Hall–Kier alpha value is -5.88. The van der Waals surface area contributed by atoms with Crippen molar-refractivity contribution in [1.82, 2.24) is 24.5 Å². The van der Waals surface area contributed by atoms with E-state index in [1.807, 2.05) is 85.1 Å². The van der Waals surface area contributed by atoms with Gasteiger partial charge in [0, 0.05) is 50.3 Å². The first-order valence-corrected chi connectivity index (χ1v) is 14.8. The van der Waals surface area contributed by atoms with Crippen molar-refractivity contribution in [2.24, 2.45) is 0 Å². The predicted molar refractivity (Wildman–Crippen MR) is 175 cm³/mol. The number of allylic oxidation sites excluding steroid dienone is 1. The lowest BCUT2D eigenvalue weighted by Gasteiger charge is -2.13. The quantitative estimate of drug-likeness (QED) is 0.212. The topological polar surface area (TPSA) is 69.6 Å². The summed E-state index contributed by atoms with van der Waals surface area (Å²) in [6.45, 7) is 0. The number of para-hydroxylation sites is 1. The summed E-state index contributed by atoms with van der Waals surface area (Å²) in [7, 11) is 0.